The first-order valence-electron chi connectivity index (χ1n) is 13.4. The molecule has 2 aromatic rings. The highest BCUT2D eigenvalue weighted by atomic mass is 19.4. The molecule has 2 fully saturated rings. The summed E-state index contributed by atoms with van der Waals surface area (Å²) < 4.78 is 38.7. The Morgan fingerprint density at radius 1 is 1.02 bits per heavy atom. The average molecular weight is 561 g/mol. The number of alkyl halides is 3. The fourth-order valence-electron chi connectivity index (χ4n) is 5.55. The van der Waals surface area contributed by atoms with E-state index in [1.165, 1.54) is 11.0 Å². The normalized spacial score (nSPS) is 23.4. The third-order valence-electron chi connectivity index (χ3n) is 7.80. The minimum atomic E-state index is -4.56. The maximum atomic E-state index is 12.9. The molecule has 1 saturated heterocycles. The van der Waals surface area contributed by atoms with Crippen molar-refractivity contribution in [1.29, 1.82) is 0 Å². The van der Waals surface area contributed by atoms with Gasteiger partial charge in [-0.2, -0.15) is 13.2 Å². The number of aliphatic hydroxyl groups is 1. The molecule has 216 valence electrons. The number of carbonyl (C=O) groups is 3. The highest BCUT2D eigenvalue weighted by Crippen LogP contribution is 2.39. The van der Waals surface area contributed by atoms with Crippen LogP contribution in [0.2, 0.25) is 0 Å². The highest BCUT2D eigenvalue weighted by Gasteiger charge is 2.39. The van der Waals surface area contributed by atoms with E-state index in [9.17, 15) is 32.7 Å². The number of hydrogen-bond acceptors (Lipinski definition) is 5. The molecule has 8 nitrogen and oxygen atoms in total. The Morgan fingerprint density at radius 3 is 2.38 bits per heavy atom. The largest absolute Gasteiger partial charge is 0.416 e. The molecule has 1 aliphatic heterocycles. The molecule has 0 spiro atoms. The summed E-state index contributed by atoms with van der Waals surface area (Å²) in [4.78, 5) is 40.8. The van der Waals surface area contributed by atoms with Gasteiger partial charge in [0.05, 0.1) is 17.7 Å². The molecule has 0 aromatic heterocycles. The van der Waals surface area contributed by atoms with E-state index < -0.39 is 29.2 Å². The summed E-state index contributed by atoms with van der Waals surface area (Å²) in [6, 6.07) is 11.4. The number of likely N-dealkylation sites (tertiary alicyclic amines) is 1. The molecule has 40 heavy (non-hydrogen) atoms. The van der Waals surface area contributed by atoms with Crippen LogP contribution in [-0.4, -0.2) is 78.4 Å². The Morgan fingerprint density at radius 2 is 1.70 bits per heavy atom. The second-order valence-corrected chi connectivity index (χ2v) is 10.9. The first-order chi connectivity index (χ1) is 18.9. The fraction of sp³-hybridized carbons (Fsp3) is 0.483. The Kier molecular flexibility index (Phi) is 8.84. The van der Waals surface area contributed by atoms with Crippen molar-refractivity contribution in [3.8, 4) is 0 Å². The molecule has 0 unspecified atom stereocenters. The van der Waals surface area contributed by atoms with Gasteiger partial charge in [-0.25, -0.2) is 0 Å². The Hall–Kier alpha value is -3.44. The zero-order chi connectivity index (χ0) is 29.1. The van der Waals surface area contributed by atoms with Crippen molar-refractivity contribution < 1.29 is 32.7 Å². The van der Waals surface area contributed by atoms with Gasteiger partial charge < -0.3 is 20.6 Å². The molecular formula is C29H35F3N4O4. The Bertz CT molecular complexity index is 1240. The summed E-state index contributed by atoms with van der Waals surface area (Å²) in [5.74, 6) is -1.27. The standard InChI is InChI=1S/C29H35F3N4O4/c1-35(2)27(39)20-6-4-7-21(16-20)28(40)12-9-24(10-13-28)36-14-11-23(18-36)34-25(37)17-33-26(38)19-5-3-8-22(15-19)29(30,31)32/h3-8,15-16,23-24,40H,9-14,17-18H2,1-2H3,(H,33,38)(H,34,37)/t23-,24?,28?/m1/s1. The smallest absolute Gasteiger partial charge is 0.385 e. The molecule has 2 aromatic carbocycles. The van der Waals surface area contributed by atoms with Crippen LogP contribution >= 0.6 is 0 Å². The van der Waals surface area contributed by atoms with Gasteiger partial charge in [-0.1, -0.05) is 18.2 Å². The number of hydrogen-bond donors (Lipinski definition) is 3. The van der Waals surface area contributed by atoms with Crippen LogP contribution in [0.15, 0.2) is 48.5 Å². The summed E-state index contributed by atoms with van der Waals surface area (Å²) in [7, 11) is 3.38. The number of nitrogens with zero attached hydrogens (tertiary/aromatic N) is 2. The first kappa shape index (κ1) is 29.5. The average Bonchev–Trinajstić information content (AvgIpc) is 3.39. The molecule has 11 heteroatoms. The number of rotatable bonds is 7. The van der Waals surface area contributed by atoms with Gasteiger partial charge in [-0.3, -0.25) is 19.3 Å². The number of halogens is 3. The first-order valence-corrected chi connectivity index (χ1v) is 13.4. The second-order valence-electron chi connectivity index (χ2n) is 10.9. The lowest BCUT2D eigenvalue weighted by Gasteiger charge is -2.40. The second kappa shape index (κ2) is 12.0. The monoisotopic (exact) mass is 560 g/mol. The number of amides is 3. The lowest BCUT2D eigenvalue weighted by Crippen LogP contribution is -2.45. The molecule has 1 aliphatic carbocycles. The lowest BCUT2D eigenvalue weighted by atomic mass is 9.77. The lowest BCUT2D eigenvalue weighted by molar-refractivity contribution is -0.137. The van der Waals surface area contributed by atoms with Crippen LogP contribution in [0.25, 0.3) is 0 Å². The quantitative estimate of drug-likeness (QED) is 0.483. The van der Waals surface area contributed by atoms with E-state index in [-0.39, 0.29) is 30.1 Å². The maximum absolute atomic E-state index is 12.9. The van der Waals surface area contributed by atoms with Gasteiger partial charge in [-0.15, -0.1) is 0 Å². The summed E-state index contributed by atoms with van der Waals surface area (Å²) in [5.41, 5.74) is -0.795. The van der Waals surface area contributed by atoms with E-state index in [1.807, 2.05) is 6.07 Å². The highest BCUT2D eigenvalue weighted by molar-refractivity contribution is 5.96. The van der Waals surface area contributed by atoms with E-state index in [0.29, 0.717) is 24.9 Å². The molecule has 4 rings (SSSR count). The Balaban J connectivity index is 1.23. The van der Waals surface area contributed by atoms with Gasteiger partial charge >= 0.3 is 6.18 Å². The topological polar surface area (TPSA) is 102 Å². The molecule has 0 bridgehead atoms. The van der Waals surface area contributed by atoms with Crippen molar-refractivity contribution >= 4 is 17.7 Å². The zero-order valence-corrected chi connectivity index (χ0v) is 22.6. The molecule has 2 aliphatic rings. The Labute approximate surface area is 231 Å². The molecular weight excluding hydrogens is 525 g/mol. The number of nitrogens with one attached hydrogen (secondary N) is 2. The predicted molar refractivity (Wildman–Crippen MR) is 143 cm³/mol. The van der Waals surface area contributed by atoms with E-state index >= 15 is 0 Å². The minimum absolute atomic E-state index is 0.104. The van der Waals surface area contributed by atoms with Crippen LogP contribution in [0.1, 0.15) is 63.9 Å². The molecule has 3 N–H and O–H groups in total. The van der Waals surface area contributed by atoms with E-state index in [0.717, 1.165) is 49.6 Å². The zero-order valence-electron chi connectivity index (χ0n) is 22.6. The van der Waals surface area contributed by atoms with Crippen LogP contribution in [0.5, 0.6) is 0 Å². The van der Waals surface area contributed by atoms with E-state index in [4.69, 9.17) is 0 Å². The number of carbonyl (C=O) groups excluding carboxylic acids is 3. The van der Waals surface area contributed by atoms with Crippen LogP contribution in [-0.2, 0) is 16.6 Å². The summed E-state index contributed by atoms with van der Waals surface area (Å²) in [5, 5.41) is 16.7. The number of benzene rings is 2. The van der Waals surface area contributed by atoms with Crippen molar-refractivity contribution in [2.75, 3.05) is 33.7 Å². The molecule has 0 radical (unpaired) electrons. The van der Waals surface area contributed by atoms with Gasteiger partial charge in [0, 0.05) is 50.4 Å². The summed E-state index contributed by atoms with van der Waals surface area (Å²) in [6.45, 7) is 1.10. The molecule has 3 amide bonds. The van der Waals surface area contributed by atoms with E-state index in [1.54, 1.807) is 32.3 Å². The van der Waals surface area contributed by atoms with Crippen molar-refractivity contribution in [2.24, 2.45) is 0 Å². The van der Waals surface area contributed by atoms with Gasteiger partial charge in [0.15, 0.2) is 0 Å². The van der Waals surface area contributed by atoms with Crippen molar-refractivity contribution in [3.05, 3.63) is 70.8 Å². The van der Waals surface area contributed by atoms with Crippen LogP contribution in [0.4, 0.5) is 13.2 Å². The van der Waals surface area contributed by atoms with Crippen LogP contribution in [0.3, 0.4) is 0 Å². The van der Waals surface area contributed by atoms with E-state index in [2.05, 4.69) is 15.5 Å². The predicted octanol–water partition coefficient (Wildman–Crippen LogP) is 3.16. The molecule has 1 atom stereocenters. The molecule has 1 saturated carbocycles. The van der Waals surface area contributed by atoms with Gasteiger partial charge in [-0.05, 0) is 68.0 Å². The van der Waals surface area contributed by atoms with Crippen LogP contribution < -0.4 is 10.6 Å². The fourth-order valence-corrected chi connectivity index (χ4v) is 5.55. The minimum Gasteiger partial charge on any atom is -0.385 e. The van der Waals surface area contributed by atoms with Gasteiger partial charge in [0.25, 0.3) is 11.8 Å². The third kappa shape index (κ3) is 7.00. The summed E-state index contributed by atoms with van der Waals surface area (Å²) >= 11 is 0. The van der Waals surface area contributed by atoms with Crippen molar-refractivity contribution in [2.45, 2.75) is 56.0 Å². The molecule has 1 heterocycles. The van der Waals surface area contributed by atoms with Gasteiger partial charge in [0.1, 0.15) is 0 Å². The van der Waals surface area contributed by atoms with Gasteiger partial charge in [0.2, 0.25) is 5.91 Å². The SMILES string of the molecule is CN(C)C(=O)c1cccc(C2(O)CCC(N3CC[C@@H](NC(=O)CNC(=O)c4cccc(C(F)(F)F)c4)C3)CC2)c1. The van der Waals surface area contributed by atoms with Crippen LogP contribution in [0, 0.1) is 0 Å². The summed E-state index contributed by atoms with van der Waals surface area (Å²) in [6.07, 6.45) is -1.15. The third-order valence-corrected chi connectivity index (χ3v) is 7.80. The van der Waals surface area contributed by atoms with Crippen molar-refractivity contribution in [3.63, 3.8) is 0 Å². The maximum Gasteiger partial charge on any atom is 0.416 e. The van der Waals surface area contributed by atoms with Crippen molar-refractivity contribution in [1.82, 2.24) is 20.4 Å².